The largest absolute Gasteiger partial charge is 0.356 e. The Labute approximate surface area is 169 Å². The molecule has 1 aromatic rings. The van der Waals surface area contributed by atoms with Gasteiger partial charge in [0, 0.05) is 38.4 Å². The van der Waals surface area contributed by atoms with Crippen LogP contribution in [0.5, 0.6) is 0 Å². The van der Waals surface area contributed by atoms with E-state index in [1.165, 1.54) is 50.2 Å². The van der Waals surface area contributed by atoms with E-state index in [9.17, 15) is 0 Å². The zero-order chi connectivity index (χ0) is 17.5. The van der Waals surface area contributed by atoms with E-state index in [-0.39, 0.29) is 24.0 Å². The molecule has 1 saturated heterocycles. The third-order valence-electron chi connectivity index (χ3n) is 5.12. The van der Waals surface area contributed by atoms with Crippen molar-refractivity contribution < 1.29 is 0 Å². The van der Waals surface area contributed by atoms with Gasteiger partial charge in [-0.1, -0.05) is 6.92 Å². The Bertz CT molecular complexity index is 546. The summed E-state index contributed by atoms with van der Waals surface area (Å²) in [6.45, 7) is 11.9. The summed E-state index contributed by atoms with van der Waals surface area (Å²) in [7, 11) is 3.83. The molecule has 6 nitrogen and oxygen atoms in total. The van der Waals surface area contributed by atoms with Gasteiger partial charge in [0.15, 0.2) is 5.96 Å². The van der Waals surface area contributed by atoms with Gasteiger partial charge in [0.1, 0.15) is 0 Å². The maximum Gasteiger partial charge on any atom is 0.191 e. The van der Waals surface area contributed by atoms with Gasteiger partial charge in [0.25, 0.3) is 0 Å². The van der Waals surface area contributed by atoms with Gasteiger partial charge in [-0.2, -0.15) is 5.10 Å². The summed E-state index contributed by atoms with van der Waals surface area (Å²) in [4.78, 5) is 6.94. The number of rotatable bonds is 6. The van der Waals surface area contributed by atoms with E-state index >= 15 is 0 Å². The van der Waals surface area contributed by atoms with Crippen molar-refractivity contribution in [3.05, 3.63) is 17.0 Å². The van der Waals surface area contributed by atoms with E-state index < -0.39 is 0 Å². The highest BCUT2D eigenvalue weighted by Gasteiger charge is 2.18. The van der Waals surface area contributed by atoms with E-state index in [1.54, 1.807) is 0 Å². The first-order chi connectivity index (χ1) is 11.5. The third-order valence-corrected chi connectivity index (χ3v) is 5.12. The van der Waals surface area contributed by atoms with Crippen LogP contribution in [0.4, 0.5) is 0 Å². The first-order valence-electron chi connectivity index (χ1n) is 9.21. The van der Waals surface area contributed by atoms with Crippen LogP contribution in [-0.2, 0) is 13.6 Å². The molecule has 144 valence electrons. The molecule has 0 aromatic carbocycles. The number of halogens is 1. The van der Waals surface area contributed by atoms with Crippen molar-refractivity contribution in [1.82, 2.24) is 25.3 Å². The Morgan fingerprint density at radius 1 is 1.24 bits per heavy atom. The monoisotopic (exact) mass is 462 g/mol. The van der Waals surface area contributed by atoms with Gasteiger partial charge in [0.2, 0.25) is 0 Å². The lowest BCUT2D eigenvalue weighted by molar-refractivity contribution is 0.185. The van der Waals surface area contributed by atoms with Gasteiger partial charge in [-0.25, -0.2) is 0 Å². The summed E-state index contributed by atoms with van der Waals surface area (Å²) in [6, 6.07) is 0. The van der Waals surface area contributed by atoms with Crippen molar-refractivity contribution in [3.8, 4) is 0 Å². The average molecular weight is 462 g/mol. The number of guanidine groups is 1. The highest BCUT2D eigenvalue weighted by molar-refractivity contribution is 14.0. The van der Waals surface area contributed by atoms with Gasteiger partial charge in [0.05, 0.1) is 5.69 Å². The zero-order valence-corrected chi connectivity index (χ0v) is 18.8. The van der Waals surface area contributed by atoms with Crippen LogP contribution in [-0.4, -0.2) is 53.9 Å². The Morgan fingerprint density at radius 3 is 2.44 bits per heavy atom. The van der Waals surface area contributed by atoms with Crippen molar-refractivity contribution in [2.45, 2.75) is 46.6 Å². The first kappa shape index (κ1) is 22.2. The van der Waals surface area contributed by atoms with E-state index in [0.29, 0.717) is 0 Å². The molecule has 0 aliphatic carbocycles. The summed E-state index contributed by atoms with van der Waals surface area (Å²) in [6.07, 6.45) is 3.82. The number of aliphatic imine (C=N–C) groups is 1. The number of piperidine rings is 1. The number of aryl methyl sites for hydroxylation is 2. The minimum absolute atomic E-state index is 0. The molecule has 0 bridgehead atoms. The fourth-order valence-corrected chi connectivity index (χ4v) is 3.44. The van der Waals surface area contributed by atoms with Crippen LogP contribution in [0.25, 0.3) is 0 Å². The van der Waals surface area contributed by atoms with Crippen LogP contribution < -0.4 is 10.6 Å². The minimum atomic E-state index is 0. The molecular formula is C18H35IN6. The van der Waals surface area contributed by atoms with Crippen LogP contribution in [0.15, 0.2) is 4.99 Å². The van der Waals surface area contributed by atoms with Crippen LogP contribution in [0.3, 0.4) is 0 Å². The molecule has 0 amide bonds. The molecule has 7 heteroatoms. The SMILES string of the molecule is CCCN1CCC(CNC(=NC)NCc2c(C)nn(C)c2C)CC1.I. The average Bonchev–Trinajstić information content (AvgIpc) is 2.82. The van der Waals surface area contributed by atoms with Crippen LogP contribution >= 0.6 is 24.0 Å². The number of likely N-dealkylation sites (tertiary alicyclic amines) is 1. The second-order valence-corrected chi connectivity index (χ2v) is 6.86. The molecule has 1 aliphatic heterocycles. The molecule has 0 radical (unpaired) electrons. The molecule has 0 saturated carbocycles. The summed E-state index contributed by atoms with van der Waals surface area (Å²) >= 11 is 0. The number of nitrogens with zero attached hydrogens (tertiary/aromatic N) is 4. The molecule has 1 aliphatic rings. The van der Waals surface area contributed by atoms with E-state index in [1.807, 2.05) is 18.8 Å². The predicted octanol–water partition coefficient (Wildman–Crippen LogP) is 2.44. The van der Waals surface area contributed by atoms with Crippen LogP contribution in [0, 0.1) is 19.8 Å². The highest BCUT2D eigenvalue weighted by Crippen LogP contribution is 2.16. The predicted molar refractivity (Wildman–Crippen MR) is 116 cm³/mol. The van der Waals surface area contributed by atoms with Gasteiger partial charge >= 0.3 is 0 Å². The molecule has 2 rings (SSSR count). The molecule has 1 fully saturated rings. The van der Waals surface area contributed by atoms with Gasteiger partial charge in [-0.15, -0.1) is 24.0 Å². The zero-order valence-electron chi connectivity index (χ0n) is 16.4. The molecular weight excluding hydrogens is 427 g/mol. The Morgan fingerprint density at radius 2 is 1.92 bits per heavy atom. The number of hydrogen-bond donors (Lipinski definition) is 2. The molecule has 25 heavy (non-hydrogen) atoms. The Kier molecular flexibility index (Phi) is 9.78. The summed E-state index contributed by atoms with van der Waals surface area (Å²) < 4.78 is 1.94. The standard InChI is InChI=1S/C18H34N6.HI/c1-6-9-24-10-7-16(8-11-24)12-20-18(19-4)21-13-17-14(2)22-23(5)15(17)3;/h16H,6-13H2,1-5H3,(H2,19,20,21);1H. The van der Waals surface area contributed by atoms with Crippen molar-refractivity contribution in [1.29, 1.82) is 0 Å². The van der Waals surface area contributed by atoms with Crippen LogP contribution in [0.1, 0.15) is 43.1 Å². The Hall–Kier alpha value is -0.830. The smallest absolute Gasteiger partial charge is 0.191 e. The molecule has 0 atom stereocenters. The van der Waals surface area contributed by atoms with E-state index in [2.05, 4.69) is 46.4 Å². The van der Waals surface area contributed by atoms with E-state index in [4.69, 9.17) is 0 Å². The van der Waals surface area contributed by atoms with Crippen molar-refractivity contribution >= 4 is 29.9 Å². The normalized spacial score (nSPS) is 16.6. The fraction of sp³-hybridized carbons (Fsp3) is 0.778. The van der Waals surface area contributed by atoms with E-state index in [0.717, 1.165) is 30.7 Å². The topological polar surface area (TPSA) is 57.5 Å². The number of nitrogens with one attached hydrogen (secondary N) is 2. The summed E-state index contributed by atoms with van der Waals surface area (Å²) in [5, 5.41) is 11.4. The second-order valence-electron chi connectivity index (χ2n) is 6.86. The van der Waals surface area contributed by atoms with Crippen LogP contribution in [0.2, 0.25) is 0 Å². The molecule has 0 unspecified atom stereocenters. The minimum Gasteiger partial charge on any atom is -0.356 e. The third kappa shape index (κ3) is 6.44. The fourth-order valence-electron chi connectivity index (χ4n) is 3.44. The molecule has 2 heterocycles. The quantitative estimate of drug-likeness (QED) is 0.388. The van der Waals surface area contributed by atoms with Crippen molar-refractivity contribution in [2.75, 3.05) is 33.2 Å². The lowest BCUT2D eigenvalue weighted by atomic mass is 9.97. The summed E-state index contributed by atoms with van der Waals surface area (Å²) in [5.41, 5.74) is 3.55. The molecule has 2 N–H and O–H groups in total. The van der Waals surface area contributed by atoms with Crippen molar-refractivity contribution in [3.63, 3.8) is 0 Å². The van der Waals surface area contributed by atoms with Crippen molar-refractivity contribution in [2.24, 2.45) is 18.0 Å². The maximum absolute atomic E-state index is 4.47. The Balaban J connectivity index is 0.00000312. The number of hydrogen-bond acceptors (Lipinski definition) is 3. The highest BCUT2D eigenvalue weighted by atomic mass is 127. The summed E-state index contributed by atoms with van der Waals surface area (Å²) in [5.74, 6) is 1.63. The first-order valence-corrected chi connectivity index (χ1v) is 9.21. The maximum atomic E-state index is 4.47. The van der Waals surface area contributed by atoms with Gasteiger partial charge in [-0.05, 0) is 58.7 Å². The number of aromatic nitrogens is 2. The lowest BCUT2D eigenvalue weighted by Crippen LogP contribution is -2.42. The van der Waals surface area contributed by atoms with Gasteiger partial charge in [-0.3, -0.25) is 9.67 Å². The molecule has 0 spiro atoms. The molecule has 1 aromatic heterocycles. The van der Waals surface area contributed by atoms with Gasteiger partial charge < -0.3 is 15.5 Å². The second kappa shape index (κ2) is 11.0. The lowest BCUT2D eigenvalue weighted by Gasteiger charge is -2.32.